The molecule has 0 aromatic heterocycles. The zero-order valence-electron chi connectivity index (χ0n) is 19.5. The van der Waals surface area contributed by atoms with Crippen molar-refractivity contribution in [2.24, 2.45) is 5.92 Å². The van der Waals surface area contributed by atoms with E-state index in [4.69, 9.17) is 16.3 Å². The molecule has 0 spiro atoms. The van der Waals surface area contributed by atoms with E-state index >= 15 is 0 Å². The fraction of sp³-hybridized carbons (Fsp3) is 0.417. The maximum absolute atomic E-state index is 13.6. The lowest BCUT2D eigenvalue weighted by Gasteiger charge is -2.31. The van der Waals surface area contributed by atoms with E-state index in [1.165, 1.54) is 11.4 Å². The molecule has 0 radical (unpaired) electrons. The van der Waals surface area contributed by atoms with E-state index < -0.39 is 15.9 Å². The molecule has 1 saturated heterocycles. The van der Waals surface area contributed by atoms with Crippen molar-refractivity contribution in [1.82, 2.24) is 4.31 Å². The predicted octanol–water partition coefficient (Wildman–Crippen LogP) is 4.45. The lowest BCUT2D eigenvalue weighted by atomic mass is 9.98. The summed E-state index contributed by atoms with van der Waals surface area (Å²) < 4.78 is 34.2. The number of hydrogen-bond donors (Lipinski definition) is 1. The van der Waals surface area contributed by atoms with Crippen LogP contribution in [-0.2, 0) is 26.0 Å². The fourth-order valence-electron chi connectivity index (χ4n) is 4.54. The average molecular weight is 585 g/mol. The number of rotatable bonds is 6. The molecule has 188 valence electrons. The standard InChI is InChI=1S/C24H27BrClN3O5S/c1-3-23(30)29-10-8-15-11-18(25)22(13-20(15)29)35(32,33)28-9-4-5-16(14-28)24(31)27-17-6-7-21(34-2)19(26)12-17/h6-7,11-13,16H,3-5,8-10,14H2,1-2H3,(H,27,31)/t16-/m1/s1. The number of anilines is 2. The third-order valence-electron chi connectivity index (χ3n) is 6.42. The van der Waals surface area contributed by atoms with Crippen molar-refractivity contribution >= 4 is 60.7 Å². The van der Waals surface area contributed by atoms with Crippen LogP contribution in [0.25, 0.3) is 0 Å². The Morgan fingerprint density at radius 3 is 2.69 bits per heavy atom. The first kappa shape index (κ1) is 25.9. The van der Waals surface area contributed by atoms with Crippen molar-refractivity contribution in [3.05, 3.63) is 45.4 Å². The molecule has 1 N–H and O–H groups in total. The summed E-state index contributed by atoms with van der Waals surface area (Å²) in [5, 5.41) is 3.20. The molecule has 0 saturated carbocycles. The smallest absolute Gasteiger partial charge is 0.244 e. The highest BCUT2D eigenvalue weighted by Gasteiger charge is 2.36. The summed E-state index contributed by atoms with van der Waals surface area (Å²) >= 11 is 9.57. The van der Waals surface area contributed by atoms with Crippen LogP contribution in [0.15, 0.2) is 39.7 Å². The van der Waals surface area contributed by atoms with Crippen LogP contribution in [-0.4, -0.2) is 51.3 Å². The summed E-state index contributed by atoms with van der Waals surface area (Å²) in [5.74, 6) is -0.314. The van der Waals surface area contributed by atoms with Gasteiger partial charge < -0.3 is 15.0 Å². The Labute approximate surface area is 218 Å². The van der Waals surface area contributed by atoms with E-state index in [9.17, 15) is 18.0 Å². The molecule has 35 heavy (non-hydrogen) atoms. The number of halogens is 2. The van der Waals surface area contributed by atoms with Crippen LogP contribution in [0.1, 0.15) is 31.7 Å². The predicted molar refractivity (Wildman–Crippen MR) is 139 cm³/mol. The van der Waals surface area contributed by atoms with Gasteiger partial charge in [0.15, 0.2) is 0 Å². The van der Waals surface area contributed by atoms with Crippen molar-refractivity contribution in [3.63, 3.8) is 0 Å². The van der Waals surface area contributed by atoms with E-state index in [2.05, 4.69) is 21.2 Å². The quantitative estimate of drug-likeness (QED) is 0.541. The van der Waals surface area contributed by atoms with Crippen molar-refractivity contribution in [1.29, 1.82) is 0 Å². The molecule has 2 heterocycles. The van der Waals surface area contributed by atoms with Crippen molar-refractivity contribution in [3.8, 4) is 5.75 Å². The topological polar surface area (TPSA) is 96.0 Å². The van der Waals surface area contributed by atoms with Gasteiger partial charge in [0.05, 0.1) is 22.9 Å². The van der Waals surface area contributed by atoms with Crippen LogP contribution in [0, 0.1) is 5.92 Å². The summed E-state index contributed by atoms with van der Waals surface area (Å²) in [5.41, 5.74) is 2.09. The summed E-state index contributed by atoms with van der Waals surface area (Å²) in [7, 11) is -2.39. The number of fused-ring (bicyclic) bond motifs is 1. The Kier molecular flexibility index (Phi) is 7.75. The number of amides is 2. The highest BCUT2D eigenvalue weighted by molar-refractivity contribution is 9.10. The van der Waals surface area contributed by atoms with Crippen LogP contribution < -0.4 is 15.0 Å². The first-order valence-electron chi connectivity index (χ1n) is 11.4. The van der Waals surface area contributed by atoms with Crippen LogP contribution in [0.3, 0.4) is 0 Å². The Hall–Kier alpha value is -2.14. The summed E-state index contributed by atoms with van der Waals surface area (Å²) in [6, 6.07) is 8.31. The molecule has 11 heteroatoms. The molecule has 0 bridgehead atoms. The number of carbonyl (C=O) groups is 2. The van der Waals surface area contributed by atoms with Gasteiger partial charge in [0.1, 0.15) is 5.75 Å². The van der Waals surface area contributed by atoms with Gasteiger partial charge >= 0.3 is 0 Å². The number of methoxy groups -OCH3 is 1. The number of hydrogen-bond acceptors (Lipinski definition) is 5. The highest BCUT2D eigenvalue weighted by atomic mass is 79.9. The third kappa shape index (κ3) is 5.21. The number of ether oxygens (including phenoxy) is 1. The molecule has 1 atom stereocenters. The molecule has 2 amide bonds. The Balaban J connectivity index is 1.54. The van der Waals surface area contributed by atoms with Crippen molar-refractivity contribution in [2.75, 3.05) is 37.0 Å². The van der Waals surface area contributed by atoms with Gasteiger partial charge in [-0.25, -0.2) is 8.42 Å². The average Bonchev–Trinajstić information content (AvgIpc) is 3.25. The Morgan fingerprint density at radius 1 is 1.23 bits per heavy atom. The second-order valence-electron chi connectivity index (χ2n) is 8.60. The van der Waals surface area contributed by atoms with Crippen molar-refractivity contribution < 1.29 is 22.7 Å². The highest BCUT2D eigenvalue weighted by Crippen LogP contribution is 2.38. The third-order valence-corrected chi connectivity index (χ3v) is 9.54. The molecule has 2 aromatic carbocycles. The zero-order chi connectivity index (χ0) is 25.3. The van der Waals surface area contributed by atoms with Gasteiger partial charge in [-0.05, 0) is 71.1 Å². The van der Waals surface area contributed by atoms with Crippen molar-refractivity contribution in [2.45, 2.75) is 37.5 Å². The van der Waals surface area contributed by atoms with Gasteiger partial charge in [-0.15, -0.1) is 0 Å². The number of nitrogens with zero attached hydrogens (tertiary/aromatic N) is 2. The molecule has 1 fully saturated rings. The van der Waals surface area contributed by atoms with E-state index in [0.29, 0.717) is 65.4 Å². The SMILES string of the molecule is CCC(=O)N1CCc2cc(Br)c(S(=O)(=O)N3CCC[C@@H](C(=O)Nc4ccc(OC)c(Cl)c4)C3)cc21. The van der Waals surface area contributed by atoms with Crippen LogP contribution in [0.4, 0.5) is 11.4 Å². The van der Waals surface area contributed by atoms with Crippen LogP contribution >= 0.6 is 27.5 Å². The molecule has 4 rings (SSSR count). The first-order valence-corrected chi connectivity index (χ1v) is 14.0. The lowest BCUT2D eigenvalue weighted by molar-refractivity contribution is -0.121. The first-order chi connectivity index (χ1) is 16.6. The Morgan fingerprint density at radius 2 is 2.00 bits per heavy atom. The largest absolute Gasteiger partial charge is 0.495 e. The molecule has 2 aromatic rings. The minimum absolute atomic E-state index is 0.0391. The molecular weight excluding hydrogens is 558 g/mol. The van der Waals surface area contributed by atoms with Crippen LogP contribution in [0.5, 0.6) is 5.75 Å². The second kappa shape index (κ2) is 10.5. The molecule has 2 aliphatic rings. The van der Waals surface area contributed by atoms with Crippen LogP contribution in [0.2, 0.25) is 5.02 Å². The van der Waals surface area contributed by atoms with E-state index in [1.54, 1.807) is 42.2 Å². The molecule has 2 aliphatic heterocycles. The summed E-state index contributed by atoms with van der Waals surface area (Å²) in [6.45, 7) is 2.72. The summed E-state index contributed by atoms with van der Waals surface area (Å²) in [4.78, 5) is 27.0. The number of carbonyl (C=O) groups excluding carboxylic acids is 2. The van der Waals surface area contributed by atoms with Gasteiger partial charge in [-0.3, -0.25) is 9.59 Å². The van der Waals surface area contributed by atoms with Gasteiger partial charge in [-0.2, -0.15) is 4.31 Å². The van der Waals surface area contributed by atoms with Gasteiger partial charge in [0.25, 0.3) is 0 Å². The maximum atomic E-state index is 13.6. The minimum Gasteiger partial charge on any atom is -0.495 e. The molecule has 0 unspecified atom stereocenters. The van der Waals surface area contributed by atoms with Gasteiger partial charge in [-0.1, -0.05) is 18.5 Å². The lowest BCUT2D eigenvalue weighted by Crippen LogP contribution is -2.43. The zero-order valence-corrected chi connectivity index (χ0v) is 22.7. The molecule has 8 nitrogen and oxygen atoms in total. The Bertz CT molecular complexity index is 1270. The fourth-order valence-corrected chi connectivity index (χ4v) is 7.39. The number of piperidine rings is 1. The molecular formula is C24H27BrClN3O5S. The van der Waals surface area contributed by atoms with Gasteiger partial charge in [0.2, 0.25) is 21.8 Å². The van der Waals surface area contributed by atoms with E-state index in [1.807, 2.05) is 0 Å². The van der Waals surface area contributed by atoms with Gasteiger partial charge in [0, 0.05) is 41.9 Å². The summed E-state index contributed by atoms with van der Waals surface area (Å²) in [6.07, 6.45) is 2.16. The minimum atomic E-state index is -3.89. The van der Waals surface area contributed by atoms with E-state index in [-0.39, 0.29) is 23.3 Å². The normalized spacial score (nSPS) is 18.3. The monoisotopic (exact) mass is 583 g/mol. The maximum Gasteiger partial charge on any atom is 0.244 e. The molecule has 0 aliphatic carbocycles. The van der Waals surface area contributed by atoms with E-state index in [0.717, 1.165) is 5.56 Å². The number of benzene rings is 2. The number of sulfonamides is 1. The number of nitrogens with one attached hydrogen (secondary N) is 1. The second-order valence-corrected chi connectivity index (χ2v) is 11.8.